The van der Waals surface area contributed by atoms with Gasteiger partial charge in [0.2, 0.25) is 0 Å². The van der Waals surface area contributed by atoms with Gasteiger partial charge in [0.05, 0.1) is 10.6 Å². The van der Waals surface area contributed by atoms with E-state index in [0.717, 1.165) is 12.1 Å². The molecule has 0 amide bonds. The molecule has 0 bridgehead atoms. The fraction of sp³-hybridized carbons (Fsp3) is 0.286. The van der Waals surface area contributed by atoms with E-state index >= 15 is 0 Å². The normalized spacial score (nSPS) is 11.9. The third-order valence-corrected chi connectivity index (χ3v) is 2.22. The second kappa shape index (κ2) is 3.37. The Morgan fingerprint density at radius 3 is 3.00 bits per heavy atom. The van der Waals surface area contributed by atoms with Gasteiger partial charge in [-0.25, -0.2) is 0 Å². The topological polar surface area (TPSA) is 38.4 Å². The number of nitrogens with zero attached hydrogens (tertiary/aromatic N) is 1. The Balaban J connectivity index is 2.85. The van der Waals surface area contributed by atoms with E-state index < -0.39 is 0 Å². The summed E-state index contributed by atoms with van der Waals surface area (Å²) in [6, 6.07) is 4.03. The van der Waals surface area contributed by atoms with E-state index in [9.17, 15) is 0 Å². The minimum Gasteiger partial charge on any atom is -0.323 e. The molecule has 0 aliphatic heterocycles. The van der Waals surface area contributed by atoms with Gasteiger partial charge in [-0.1, -0.05) is 13.0 Å². The zero-order valence-electron chi connectivity index (χ0n) is 5.87. The molecule has 54 valence electrons. The van der Waals surface area contributed by atoms with Crippen molar-refractivity contribution in [3.63, 3.8) is 0 Å². The number of hydrazone groups is 1. The lowest BCUT2D eigenvalue weighted by Crippen LogP contribution is -1.99. The van der Waals surface area contributed by atoms with Crippen molar-refractivity contribution in [1.29, 1.82) is 0 Å². The van der Waals surface area contributed by atoms with Crippen molar-refractivity contribution in [1.82, 2.24) is 0 Å². The Bertz CT molecular complexity index is 214. The smallest absolute Gasteiger partial charge is 0.0769 e. The first-order valence-corrected chi connectivity index (χ1v) is 4.07. The zero-order valence-corrected chi connectivity index (χ0v) is 6.69. The number of thiophene rings is 1. The molecule has 0 atom stereocenters. The highest BCUT2D eigenvalue weighted by Crippen LogP contribution is 2.10. The van der Waals surface area contributed by atoms with Gasteiger partial charge in [-0.05, 0) is 17.9 Å². The fourth-order valence-corrected chi connectivity index (χ4v) is 1.57. The molecular formula is C7H10N2S. The molecule has 0 spiro atoms. The Morgan fingerprint density at radius 1 is 1.80 bits per heavy atom. The van der Waals surface area contributed by atoms with Crippen LogP contribution in [-0.4, -0.2) is 5.71 Å². The van der Waals surface area contributed by atoms with Crippen LogP contribution in [0.15, 0.2) is 22.6 Å². The van der Waals surface area contributed by atoms with E-state index in [1.165, 1.54) is 4.88 Å². The van der Waals surface area contributed by atoms with Gasteiger partial charge in [-0.3, -0.25) is 0 Å². The number of nitrogens with two attached hydrogens (primary N) is 1. The summed E-state index contributed by atoms with van der Waals surface area (Å²) in [5, 5.41) is 5.70. The van der Waals surface area contributed by atoms with Crippen molar-refractivity contribution in [3.8, 4) is 0 Å². The lowest BCUT2D eigenvalue weighted by atomic mass is 10.2. The highest BCUT2D eigenvalue weighted by Gasteiger charge is 1.99. The Kier molecular flexibility index (Phi) is 2.45. The third kappa shape index (κ3) is 1.36. The maximum absolute atomic E-state index is 5.17. The minimum absolute atomic E-state index is 0.900. The molecule has 10 heavy (non-hydrogen) atoms. The molecule has 0 unspecified atom stereocenters. The molecule has 2 N–H and O–H groups in total. The lowest BCUT2D eigenvalue weighted by Gasteiger charge is -1.94. The second-order valence-corrected chi connectivity index (χ2v) is 2.85. The van der Waals surface area contributed by atoms with Crippen LogP contribution in [0.2, 0.25) is 0 Å². The fourth-order valence-electron chi connectivity index (χ4n) is 0.772. The first-order valence-electron chi connectivity index (χ1n) is 3.19. The molecule has 0 aliphatic carbocycles. The first-order chi connectivity index (χ1) is 4.88. The van der Waals surface area contributed by atoms with E-state index in [2.05, 4.69) is 5.10 Å². The van der Waals surface area contributed by atoms with Gasteiger partial charge < -0.3 is 5.84 Å². The molecule has 0 fully saturated rings. The summed E-state index contributed by atoms with van der Waals surface area (Å²) in [6.45, 7) is 2.05. The van der Waals surface area contributed by atoms with Crippen LogP contribution < -0.4 is 5.84 Å². The van der Waals surface area contributed by atoms with Gasteiger partial charge in [-0.15, -0.1) is 11.3 Å². The molecule has 1 rings (SSSR count). The van der Waals surface area contributed by atoms with Gasteiger partial charge in [0.15, 0.2) is 0 Å². The number of hydrogen-bond donors (Lipinski definition) is 1. The summed E-state index contributed by atoms with van der Waals surface area (Å²) in [5.74, 6) is 5.17. The van der Waals surface area contributed by atoms with Crippen molar-refractivity contribution >= 4 is 17.0 Å². The first kappa shape index (κ1) is 7.28. The molecule has 1 aromatic rings. The molecule has 0 aromatic carbocycles. The molecular weight excluding hydrogens is 144 g/mol. The van der Waals surface area contributed by atoms with Crippen molar-refractivity contribution < 1.29 is 0 Å². The largest absolute Gasteiger partial charge is 0.323 e. The number of rotatable bonds is 2. The quantitative estimate of drug-likeness (QED) is 0.394. The molecule has 0 aliphatic rings. The average Bonchev–Trinajstić information content (AvgIpc) is 2.43. The van der Waals surface area contributed by atoms with E-state index in [4.69, 9.17) is 5.84 Å². The highest BCUT2D eigenvalue weighted by molar-refractivity contribution is 7.12. The van der Waals surface area contributed by atoms with Gasteiger partial charge in [-0.2, -0.15) is 5.10 Å². The van der Waals surface area contributed by atoms with Crippen LogP contribution in [0, 0.1) is 0 Å². The van der Waals surface area contributed by atoms with Gasteiger partial charge in [0.25, 0.3) is 0 Å². The summed E-state index contributed by atoms with van der Waals surface area (Å²) in [6.07, 6.45) is 0.900. The summed E-state index contributed by atoms with van der Waals surface area (Å²) >= 11 is 1.67. The van der Waals surface area contributed by atoms with E-state index in [1.807, 2.05) is 24.4 Å². The molecule has 1 aromatic heterocycles. The molecule has 0 saturated heterocycles. The molecule has 0 radical (unpaired) electrons. The van der Waals surface area contributed by atoms with E-state index in [1.54, 1.807) is 11.3 Å². The summed E-state index contributed by atoms with van der Waals surface area (Å²) in [7, 11) is 0. The van der Waals surface area contributed by atoms with Crippen LogP contribution in [0.25, 0.3) is 0 Å². The maximum Gasteiger partial charge on any atom is 0.0769 e. The lowest BCUT2D eigenvalue weighted by molar-refractivity contribution is 1.18. The molecule has 0 saturated carbocycles. The van der Waals surface area contributed by atoms with Crippen molar-refractivity contribution in [3.05, 3.63) is 22.4 Å². The highest BCUT2D eigenvalue weighted by atomic mass is 32.1. The van der Waals surface area contributed by atoms with Crippen LogP contribution in [0.4, 0.5) is 0 Å². The van der Waals surface area contributed by atoms with Crippen LogP contribution in [0.1, 0.15) is 18.2 Å². The Hall–Kier alpha value is -0.830. The summed E-state index contributed by atoms with van der Waals surface area (Å²) in [5.41, 5.74) is 0.981. The van der Waals surface area contributed by atoms with Gasteiger partial charge in [0.1, 0.15) is 0 Å². The summed E-state index contributed by atoms with van der Waals surface area (Å²) < 4.78 is 0. The SMILES string of the molecule is CCC(=NN)c1cccs1. The van der Waals surface area contributed by atoms with Crippen molar-refractivity contribution in [2.24, 2.45) is 10.9 Å². The number of hydrogen-bond acceptors (Lipinski definition) is 3. The average molecular weight is 154 g/mol. The van der Waals surface area contributed by atoms with Crippen LogP contribution in [0.3, 0.4) is 0 Å². The van der Waals surface area contributed by atoms with Crippen molar-refractivity contribution in [2.75, 3.05) is 0 Å². The van der Waals surface area contributed by atoms with Crippen LogP contribution in [-0.2, 0) is 0 Å². The Morgan fingerprint density at radius 2 is 2.60 bits per heavy atom. The van der Waals surface area contributed by atoms with Gasteiger partial charge >= 0.3 is 0 Å². The molecule has 3 heteroatoms. The predicted molar refractivity (Wildman–Crippen MR) is 45.3 cm³/mol. The third-order valence-electron chi connectivity index (χ3n) is 1.30. The zero-order chi connectivity index (χ0) is 7.40. The standard InChI is InChI=1S/C7H10N2S/c1-2-6(9-8)7-4-3-5-10-7/h3-5H,2,8H2,1H3. The summed E-state index contributed by atoms with van der Waals surface area (Å²) in [4.78, 5) is 1.17. The molecule has 2 nitrogen and oxygen atoms in total. The van der Waals surface area contributed by atoms with Crippen LogP contribution >= 0.6 is 11.3 Å². The maximum atomic E-state index is 5.17. The van der Waals surface area contributed by atoms with E-state index in [-0.39, 0.29) is 0 Å². The molecule has 1 heterocycles. The monoisotopic (exact) mass is 154 g/mol. The van der Waals surface area contributed by atoms with Crippen LogP contribution in [0.5, 0.6) is 0 Å². The Labute approximate surface area is 64.4 Å². The second-order valence-electron chi connectivity index (χ2n) is 1.91. The van der Waals surface area contributed by atoms with E-state index in [0.29, 0.717) is 0 Å². The predicted octanol–water partition coefficient (Wildman–Crippen LogP) is 1.82. The minimum atomic E-state index is 0.900. The van der Waals surface area contributed by atoms with Gasteiger partial charge in [0, 0.05) is 0 Å². The van der Waals surface area contributed by atoms with Crippen molar-refractivity contribution in [2.45, 2.75) is 13.3 Å².